The molecule has 0 aliphatic heterocycles. The van der Waals surface area contributed by atoms with Crippen LogP contribution in [0.2, 0.25) is 0 Å². The molecule has 0 saturated carbocycles. The first-order chi connectivity index (χ1) is 9.90. The van der Waals surface area contributed by atoms with Crippen LogP contribution in [0, 0.1) is 0 Å². The molecule has 21 heavy (non-hydrogen) atoms. The molecule has 0 aromatic heterocycles. The molecule has 112 valence electrons. The average molecular weight is 424 g/mol. The molecule has 0 N–H and O–H groups in total. The van der Waals surface area contributed by atoms with Gasteiger partial charge in [-0.25, -0.2) is 0 Å². The van der Waals surface area contributed by atoms with E-state index in [0.717, 1.165) is 16.1 Å². The van der Waals surface area contributed by atoms with Gasteiger partial charge in [-0.2, -0.15) is 13.2 Å². The Balaban J connectivity index is 2.23. The van der Waals surface area contributed by atoms with Gasteiger partial charge in [-0.3, -0.25) is 0 Å². The van der Waals surface area contributed by atoms with Crippen molar-refractivity contribution in [2.24, 2.45) is 0 Å². The second-order valence-corrected chi connectivity index (χ2v) is 5.86. The Morgan fingerprint density at radius 2 is 1.76 bits per heavy atom. The molecule has 6 heteroatoms. The van der Waals surface area contributed by atoms with Crippen LogP contribution in [0.1, 0.15) is 16.7 Å². The molecule has 0 amide bonds. The lowest BCUT2D eigenvalue weighted by molar-refractivity contribution is -0.139. The van der Waals surface area contributed by atoms with E-state index in [1.165, 1.54) is 6.07 Å². The lowest BCUT2D eigenvalue weighted by Crippen LogP contribution is -2.09. The summed E-state index contributed by atoms with van der Waals surface area (Å²) in [6.45, 7) is 0.0795. The third-order valence-corrected chi connectivity index (χ3v) is 3.93. The Bertz CT molecular complexity index is 627. The van der Waals surface area contributed by atoms with E-state index in [9.17, 15) is 13.2 Å². The summed E-state index contributed by atoms with van der Waals surface area (Å²) in [6, 6.07) is 11.3. The van der Waals surface area contributed by atoms with E-state index in [0.29, 0.717) is 10.9 Å². The molecule has 0 heterocycles. The van der Waals surface area contributed by atoms with Gasteiger partial charge in [0.15, 0.2) is 0 Å². The Morgan fingerprint density at radius 1 is 1.00 bits per heavy atom. The molecule has 0 spiro atoms. The Hall–Kier alpha value is -1.01. The largest absolute Gasteiger partial charge is 0.488 e. The predicted molar refractivity (Wildman–Crippen MR) is 82.5 cm³/mol. The van der Waals surface area contributed by atoms with Crippen molar-refractivity contribution in [1.82, 2.24) is 0 Å². The van der Waals surface area contributed by atoms with E-state index < -0.39 is 11.7 Å². The van der Waals surface area contributed by atoms with Crippen LogP contribution in [-0.4, -0.2) is 0 Å². The normalized spacial score (nSPS) is 11.5. The van der Waals surface area contributed by atoms with Crippen LogP contribution in [0.25, 0.3) is 0 Å². The van der Waals surface area contributed by atoms with Gasteiger partial charge in [-0.15, -0.1) is 0 Å². The summed E-state index contributed by atoms with van der Waals surface area (Å²) in [7, 11) is 0. The highest BCUT2D eigenvalue weighted by Gasteiger charge is 2.34. The van der Waals surface area contributed by atoms with Gasteiger partial charge in [0.2, 0.25) is 0 Å². The van der Waals surface area contributed by atoms with Crippen molar-refractivity contribution in [1.29, 1.82) is 0 Å². The third-order valence-electron chi connectivity index (χ3n) is 2.79. The van der Waals surface area contributed by atoms with Crippen molar-refractivity contribution < 1.29 is 17.9 Å². The van der Waals surface area contributed by atoms with E-state index in [2.05, 4.69) is 31.9 Å². The fourth-order valence-corrected chi connectivity index (χ4v) is 2.59. The number of ether oxygens (including phenoxy) is 1. The van der Waals surface area contributed by atoms with Crippen LogP contribution in [0.3, 0.4) is 0 Å². The number of rotatable bonds is 4. The maximum atomic E-state index is 13.1. The Kier molecular flexibility index (Phi) is 5.32. The van der Waals surface area contributed by atoms with Crippen LogP contribution in [0.4, 0.5) is 13.2 Å². The number of hydrogen-bond donors (Lipinski definition) is 0. The zero-order valence-corrected chi connectivity index (χ0v) is 13.9. The van der Waals surface area contributed by atoms with Gasteiger partial charge in [0.25, 0.3) is 0 Å². The van der Waals surface area contributed by atoms with Crippen molar-refractivity contribution in [3.05, 3.63) is 63.6 Å². The van der Waals surface area contributed by atoms with Crippen molar-refractivity contribution in [3.8, 4) is 5.75 Å². The van der Waals surface area contributed by atoms with E-state index in [1.807, 2.05) is 6.07 Å². The van der Waals surface area contributed by atoms with Crippen LogP contribution in [0.15, 0.2) is 46.9 Å². The zero-order valence-electron chi connectivity index (χ0n) is 10.8. The molecule has 0 unspecified atom stereocenters. The summed E-state index contributed by atoms with van der Waals surface area (Å²) < 4.78 is 45.4. The minimum Gasteiger partial charge on any atom is -0.488 e. The Labute approximate surface area is 137 Å². The topological polar surface area (TPSA) is 9.23 Å². The van der Waals surface area contributed by atoms with Gasteiger partial charge in [-0.1, -0.05) is 50.1 Å². The van der Waals surface area contributed by atoms with Crippen LogP contribution in [0.5, 0.6) is 5.75 Å². The highest BCUT2D eigenvalue weighted by Crippen LogP contribution is 2.37. The summed E-state index contributed by atoms with van der Waals surface area (Å²) in [5.41, 5.74) is 0.591. The minimum absolute atomic E-state index is 0.0795. The average Bonchev–Trinajstić information content (AvgIpc) is 2.44. The standard InChI is InChI=1S/C15H11Br2F3O/c16-8-10-4-5-14(13(7-10)15(18,19)20)21-9-11-2-1-3-12(17)6-11/h1-7H,8-9H2. The van der Waals surface area contributed by atoms with Gasteiger partial charge in [-0.05, 0) is 35.4 Å². The first-order valence-electron chi connectivity index (χ1n) is 6.03. The van der Waals surface area contributed by atoms with Crippen molar-refractivity contribution >= 4 is 31.9 Å². The van der Waals surface area contributed by atoms with E-state index >= 15 is 0 Å². The minimum atomic E-state index is -4.44. The van der Waals surface area contributed by atoms with Gasteiger partial charge in [0.05, 0.1) is 5.56 Å². The molecule has 0 bridgehead atoms. The maximum Gasteiger partial charge on any atom is 0.419 e. The molecule has 2 rings (SSSR count). The maximum absolute atomic E-state index is 13.1. The van der Waals surface area contributed by atoms with Gasteiger partial charge >= 0.3 is 6.18 Å². The highest BCUT2D eigenvalue weighted by atomic mass is 79.9. The summed E-state index contributed by atoms with van der Waals surface area (Å²) in [6.07, 6.45) is -4.44. The summed E-state index contributed by atoms with van der Waals surface area (Å²) in [5.74, 6) is -0.160. The Morgan fingerprint density at radius 3 is 2.38 bits per heavy atom. The van der Waals surface area contributed by atoms with E-state index in [-0.39, 0.29) is 12.4 Å². The van der Waals surface area contributed by atoms with Crippen LogP contribution < -0.4 is 4.74 Å². The predicted octanol–water partition coefficient (Wildman–Crippen LogP) is 5.94. The van der Waals surface area contributed by atoms with Gasteiger partial charge in [0.1, 0.15) is 12.4 Å². The van der Waals surface area contributed by atoms with Crippen LogP contribution >= 0.6 is 31.9 Å². The molecular weight excluding hydrogens is 413 g/mol. The van der Waals surface area contributed by atoms with E-state index in [4.69, 9.17) is 4.74 Å². The lowest BCUT2D eigenvalue weighted by atomic mass is 10.1. The third kappa shape index (κ3) is 4.48. The number of halogens is 5. The SMILES string of the molecule is FC(F)(F)c1cc(CBr)ccc1OCc1cccc(Br)c1. The highest BCUT2D eigenvalue weighted by molar-refractivity contribution is 9.10. The second kappa shape index (κ2) is 6.83. The smallest absolute Gasteiger partial charge is 0.419 e. The molecule has 0 radical (unpaired) electrons. The number of benzene rings is 2. The molecule has 0 atom stereocenters. The van der Waals surface area contributed by atoms with Crippen molar-refractivity contribution in [2.45, 2.75) is 18.1 Å². The molecule has 0 fully saturated rings. The van der Waals surface area contributed by atoms with E-state index in [1.54, 1.807) is 24.3 Å². The molecule has 0 saturated heterocycles. The molecule has 2 aromatic rings. The molecule has 2 aromatic carbocycles. The summed E-state index contributed by atoms with van der Waals surface area (Å²) in [4.78, 5) is 0. The summed E-state index contributed by atoms with van der Waals surface area (Å²) >= 11 is 6.47. The van der Waals surface area contributed by atoms with Crippen LogP contribution in [-0.2, 0) is 18.1 Å². The van der Waals surface area contributed by atoms with Gasteiger partial charge < -0.3 is 4.74 Å². The quantitative estimate of drug-likeness (QED) is 0.552. The number of alkyl halides is 4. The first kappa shape index (κ1) is 16.4. The zero-order chi connectivity index (χ0) is 15.5. The fraction of sp³-hybridized carbons (Fsp3) is 0.200. The molecule has 1 nitrogen and oxygen atoms in total. The molecule has 0 aliphatic rings. The fourth-order valence-electron chi connectivity index (χ4n) is 1.80. The first-order valence-corrected chi connectivity index (χ1v) is 7.95. The number of hydrogen-bond acceptors (Lipinski definition) is 1. The monoisotopic (exact) mass is 422 g/mol. The van der Waals surface area contributed by atoms with Crippen molar-refractivity contribution in [3.63, 3.8) is 0 Å². The van der Waals surface area contributed by atoms with Crippen molar-refractivity contribution in [2.75, 3.05) is 0 Å². The molecule has 0 aliphatic carbocycles. The second-order valence-electron chi connectivity index (χ2n) is 4.38. The van der Waals surface area contributed by atoms with Gasteiger partial charge in [0, 0.05) is 9.80 Å². The molecular formula is C15H11Br2F3O. The summed E-state index contributed by atoms with van der Waals surface area (Å²) in [5, 5.41) is 0.363. The lowest BCUT2D eigenvalue weighted by Gasteiger charge is -2.15.